The summed E-state index contributed by atoms with van der Waals surface area (Å²) in [6, 6.07) is 8.03. The molecule has 2 aromatic heterocycles. The molecule has 0 N–H and O–H groups in total. The summed E-state index contributed by atoms with van der Waals surface area (Å²) >= 11 is 1.56. The Labute approximate surface area is 158 Å². The summed E-state index contributed by atoms with van der Waals surface area (Å²) < 4.78 is 2.86. The van der Waals surface area contributed by atoms with E-state index in [1.54, 1.807) is 20.9 Å². The van der Waals surface area contributed by atoms with Crippen molar-refractivity contribution in [2.75, 3.05) is 32.1 Å². The summed E-state index contributed by atoms with van der Waals surface area (Å²) in [5.74, 6) is -0.0509. The van der Waals surface area contributed by atoms with Gasteiger partial charge < -0.3 is 4.90 Å². The minimum atomic E-state index is -0.0509. The Balaban J connectivity index is 2.01. The van der Waals surface area contributed by atoms with E-state index in [0.29, 0.717) is 18.8 Å². The standard InChI is InChI=1S/C19H25N5OS/c1-6-24-16(12-14(3)21-24)18(25)23(10-9-22(4)5)19-20-15-8-7-13(2)11-17(15)26-19/h7-8,11-12H,6,9-10H2,1-5H3. The molecule has 1 aromatic carbocycles. The molecule has 0 fully saturated rings. The molecule has 3 aromatic rings. The number of rotatable bonds is 6. The SMILES string of the molecule is CCn1nc(C)cc1C(=O)N(CCN(C)C)c1nc2ccc(C)cc2s1. The van der Waals surface area contributed by atoms with Crippen LogP contribution in [0.2, 0.25) is 0 Å². The number of anilines is 1. The molecule has 6 nitrogen and oxygen atoms in total. The second-order valence-corrected chi connectivity index (χ2v) is 7.72. The van der Waals surface area contributed by atoms with Crippen molar-refractivity contribution in [3.8, 4) is 0 Å². The maximum absolute atomic E-state index is 13.3. The maximum Gasteiger partial charge on any atom is 0.278 e. The van der Waals surface area contributed by atoms with Crippen molar-refractivity contribution in [1.29, 1.82) is 0 Å². The van der Waals surface area contributed by atoms with Crippen molar-refractivity contribution in [2.24, 2.45) is 0 Å². The zero-order chi connectivity index (χ0) is 18.8. The van der Waals surface area contributed by atoms with E-state index in [4.69, 9.17) is 4.98 Å². The first-order valence-corrected chi connectivity index (χ1v) is 9.59. The number of hydrogen-bond acceptors (Lipinski definition) is 5. The van der Waals surface area contributed by atoms with Crippen LogP contribution in [0.15, 0.2) is 24.3 Å². The van der Waals surface area contributed by atoms with Gasteiger partial charge in [-0.05, 0) is 58.6 Å². The predicted molar refractivity (Wildman–Crippen MR) is 107 cm³/mol. The van der Waals surface area contributed by atoms with Crippen molar-refractivity contribution in [1.82, 2.24) is 19.7 Å². The van der Waals surface area contributed by atoms with Gasteiger partial charge in [0.15, 0.2) is 5.13 Å². The van der Waals surface area contributed by atoms with Gasteiger partial charge in [0.05, 0.1) is 15.9 Å². The van der Waals surface area contributed by atoms with Crippen LogP contribution in [-0.2, 0) is 6.54 Å². The molecule has 0 bridgehead atoms. The summed E-state index contributed by atoms with van der Waals surface area (Å²) in [5.41, 5.74) is 3.58. The first-order valence-electron chi connectivity index (χ1n) is 8.77. The van der Waals surface area contributed by atoms with Crippen LogP contribution in [0.1, 0.15) is 28.7 Å². The molecule has 0 aliphatic carbocycles. The van der Waals surface area contributed by atoms with Crippen LogP contribution in [0.5, 0.6) is 0 Å². The third-order valence-corrected chi connectivity index (χ3v) is 5.24. The molecule has 0 radical (unpaired) electrons. The summed E-state index contributed by atoms with van der Waals surface area (Å²) in [7, 11) is 4.01. The van der Waals surface area contributed by atoms with Gasteiger partial charge in [-0.25, -0.2) is 4.98 Å². The molecule has 0 saturated carbocycles. The van der Waals surface area contributed by atoms with Gasteiger partial charge in [0.1, 0.15) is 5.69 Å². The molecule has 0 atom stereocenters. The molecule has 138 valence electrons. The normalized spacial score (nSPS) is 11.5. The van der Waals surface area contributed by atoms with E-state index in [1.165, 1.54) is 5.56 Å². The number of hydrogen-bond donors (Lipinski definition) is 0. The molecule has 0 saturated heterocycles. The number of thiazole rings is 1. The van der Waals surface area contributed by atoms with E-state index >= 15 is 0 Å². The molecule has 0 aliphatic rings. The van der Waals surface area contributed by atoms with Crippen LogP contribution >= 0.6 is 11.3 Å². The largest absolute Gasteiger partial charge is 0.308 e. The van der Waals surface area contributed by atoms with Crippen molar-refractivity contribution in [3.63, 3.8) is 0 Å². The second kappa shape index (κ2) is 7.55. The molecule has 26 heavy (non-hydrogen) atoms. The van der Waals surface area contributed by atoms with Crippen molar-refractivity contribution in [2.45, 2.75) is 27.3 Å². The highest BCUT2D eigenvalue weighted by molar-refractivity contribution is 7.22. The van der Waals surface area contributed by atoms with Gasteiger partial charge in [-0.2, -0.15) is 5.10 Å². The van der Waals surface area contributed by atoms with Gasteiger partial charge in [0.25, 0.3) is 5.91 Å². The third-order valence-electron chi connectivity index (χ3n) is 4.20. The fourth-order valence-electron chi connectivity index (χ4n) is 2.82. The predicted octanol–water partition coefficient (Wildman–Crippen LogP) is 3.34. The van der Waals surface area contributed by atoms with Gasteiger partial charge in [0, 0.05) is 19.6 Å². The van der Waals surface area contributed by atoms with Gasteiger partial charge >= 0.3 is 0 Å². The Hall–Kier alpha value is -2.25. The molecule has 3 rings (SSSR count). The Kier molecular flexibility index (Phi) is 5.38. The first kappa shape index (κ1) is 18.5. The zero-order valence-corrected chi connectivity index (χ0v) is 16.8. The van der Waals surface area contributed by atoms with Crippen molar-refractivity contribution in [3.05, 3.63) is 41.2 Å². The Morgan fingerprint density at radius 1 is 1.19 bits per heavy atom. The van der Waals surface area contributed by atoms with Gasteiger partial charge in [-0.1, -0.05) is 17.4 Å². The summed E-state index contributed by atoms with van der Waals surface area (Å²) in [5, 5.41) is 5.15. The highest BCUT2D eigenvalue weighted by Crippen LogP contribution is 2.30. The highest BCUT2D eigenvalue weighted by atomic mass is 32.1. The number of aryl methyl sites for hydroxylation is 3. The van der Waals surface area contributed by atoms with Crippen molar-refractivity contribution >= 4 is 32.6 Å². The molecule has 0 unspecified atom stereocenters. The van der Waals surface area contributed by atoms with Crippen LogP contribution in [0.3, 0.4) is 0 Å². The molecular formula is C19H25N5OS. The number of likely N-dealkylation sites (N-methyl/N-ethyl adjacent to an activating group) is 1. The van der Waals surface area contributed by atoms with E-state index in [-0.39, 0.29) is 5.91 Å². The summed E-state index contributed by atoms with van der Waals surface area (Å²) in [4.78, 5) is 21.9. The molecule has 1 amide bonds. The number of amides is 1. The van der Waals surface area contributed by atoms with Gasteiger partial charge in [0.2, 0.25) is 0 Å². The number of carbonyl (C=O) groups is 1. The lowest BCUT2D eigenvalue weighted by atomic mass is 10.2. The summed E-state index contributed by atoms with van der Waals surface area (Å²) in [6.07, 6.45) is 0. The first-order chi connectivity index (χ1) is 12.4. The minimum absolute atomic E-state index is 0.0509. The lowest BCUT2D eigenvalue weighted by Crippen LogP contribution is -2.37. The molecule has 0 spiro atoms. The molecular weight excluding hydrogens is 346 g/mol. The summed E-state index contributed by atoms with van der Waals surface area (Å²) in [6.45, 7) is 7.98. The second-order valence-electron chi connectivity index (χ2n) is 6.71. The Bertz CT molecular complexity index is 927. The van der Waals surface area contributed by atoms with Crippen LogP contribution in [0.25, 0.3) is 10.2 Å². The smallest absolute Gasteiger partial charge is 0.278 e. The van der Waals surface area contributed by atoms with E-state index in [1.807, 2.05) is 46.1 Å². The van der Waals surface area contributed by atoms with Gasteiger partial charge in [-0.3, -0.25) is 14.4 Å². The fourth-order valence-corrected chi connectivity index (χ4v) is 3.90. The van der Waals surface area contributed by atoms with Crippen LogP contribution < -0.4 is 4.90 Å². The van der Waals surface area contributed by atoms with Crippen molar-refractivity contribution < 1.29 is 4.79 Å². The van der Waals surface area contributed by atoms with E-state index < -0.39 is 0 Å². The fraction of sp³-hybridized carbons (Fsp3) is 0.421. The molecule has 2 heterocycles. The van der Waals surface area contributed by atoms with E-state index in [0.717, 1.165) is 27.6 Å². The maximum atomic E-state index is 13.3. The lowest BCUT2D eigenvalue weighted by Gasteiger charge is -2.22. The number of benzene rings is 1. The average molecular weight is 372 g/mol. The van der Waals surface area contributed by atoms with Gasteiger partial charge in [-0.15, -0.1) is 0 Å². The third kappa shape index (κ3) is 3.78. The van der Waals surface area contributed by atoms with E-state index in [9.17, 15) is 4.79 Å². The zero-order valence-electron chi connectivity index (χ0n) is 16.0. The average Bonchev–Trinajstić information content (AvgIpc) is 3.17. The molecule has 0 aliphatic heterocycles. The van der Waals surface area contributed by atoms with Crippen LogP contribution in [-0.4, -0.2) is 52.8 Å². The Morgan fingerprint density at radius 2 is 1.96 bits per heavy atom. The number of fused-ring (bicyclic) bond motifs is 1. The minimum Gasteiger partial charge on any atom is -0.308 e. The number of aromatic nitrogens is 3. The van der Waals surface area contributed by atoms with Crippen LogP contribution in [0, 0.1) is 13.8 Å². The Morgan fingerprint density at radius 3 is 2.65 bits per heavy atom. The highest BCUT2D eigenvalue weighted by Gasteiger charge is 2.24. The number of nitrogens with zero attached hydrogens (tertiary/aromatic N) is 5. The quantitative estimate of drug-likeness (QED) is 0.667. The molecule has 7 heteroatoms. The monoisotopic (exact) mass is 371 g/mol. The van der Waals surface area contributed by atoms with E-state index in [2.05, 4.69) is 23.0 Å². The lowest BCUT2D eigenvalue weighted by molar-refractivity contribution is 0.0975. The topological polar surface area (TPSA) is 54.3 Å². The number of carbonyl (C=O) groups excluding carboxylic acids is 1. The van der Waals surface area contributed by atoms with Crippen LogP contribution in [0.4, 0.5) is 5.13 Å².